The van der Waals surface area contributed by atoms with Crippen molar-refractivity contribution in [2.75, 3.05) is 28.4 Å². The smallest absolute Gasteiger partial charge is 0.243 e. The number of hydrogen-bond donors (Lipinski definition) is 0. The predicted octanol–water partition coefficient (Wildman–Crippen LogP) is 2.58. The summed E-state index contributed by atoms with van der Waals surface area (Å²) in [6.45, 7) is -0.0835. The van der Waals surface area contributed by atoms with E-state index in [9.17, 15) is 8.42 Å². The van der Waals surface area contributed by atoms with Gasteiger partial charge < -0.3 is 18.7 Å². The van der Waals surface area contributed by atoms with Gasteiger partial charge >= 0.3 is 0 Å². The average molecular weight is 419 g/mol. The molecule has 0 aliphatic rings. The first kappa shape index (κ1) is 20.6. The van der Waals surface area contributed by atoms with E-state index in [4.69, 9.17) is 18.7 Å². The third-order valence-corrected chi connectivity index (χ3v) is 6.04. The highest BCUT2D eigenvalue weighted by atomic mass is 32.2. The van der Waals surface area contributed by atoms with Gasteiger partial charge in [0.2, 0.25) is 21.7 Å². The maximum absolute atomic E-state index is 12.9. The van der Waals surface area contributed by atoms with Crippen molar-refractivity contribution in [3.8, 4) is 28.6 Å². The van der Waals surface area contributed by atoms with Crippen molar-refractivity contribution in [3.05, 3.63) is 48.4 Å². The van der Waals surface area contributed by atoms with Crippen LogP contribution in [-0.4, -0.2) is 51.2 Å². The third kappa shape index (κ3) is 4.33. The fourth-order valence-electron chi connectivity index (χ4n) is 2.61. The van der Waals surface area contributed by atoms with Gasteiger partial charge in [-0.05, 0) is 36.4 Å². The van der Waals surface area contributed by atoms with Crippen LogP contribution in [0.25, 0.3) is 11.4 Å². The minimum absolute atomic E-state index is 0.0625. The summed E-state index contributed by atoms with van der Waals surface area (Å²) in [5.41, 5.74) is 0.728. The van der Waals surface area contributed by atoms with Crippen LogP contribution in [0.15, 0.2) is 51.9 Å². The Morgan fingerprint density at radius 2 is 1.66 bits per heavy atom. The van der Waals surface area contributed by atoms with Crippen molar-refractivity contribution in [3.63, 3.8) is 0 Å². The van der Waals surface area contributed by atoms with Gasteiger partial charge in [-0.1, -0.05) is 5.16 Å². The molecule has 1 aromatic heterocycles. The standard InChI is InChI=1S/C19H21N3O6S/c1-22(29(23,24)15-9-10-16(26-3)17(11-15)27-4)12-18-20-19(21-28-18)13-5-7-14(25-2)8-6-13/h5-11H,12H2,1-4H3. The van der Waals surface area contributed by atoms with Crippen LogP contribution >= 0.6 is 0 Å². The number of benzene rings is 2. The number of nitrogens with zero attached hydrogens (tertiary/aromatic N) is 3. The monoisotopic (exact) mass is 419 g/mol. The molecule has 0 N–H and O–H groups in total. The van der Waals surface area contributed by atoms with Crippen LogP contribution in [0.1, 0.15) is 5.89 Å². The van der Waals surface area contributed by atoms with Gasteiger partial charge in [0.05, 0.1) is 32.8 Å². The zero-order valence-electron chi connectivity index (χ0n) is 16.4. The molecule has 2 aromatic carbocycles. The Balaban J connectivity index is 1.79. The maximum atomic E-state index is 12.9. The normalized spacial score (nSPS) is 11.5. The van der Waals surface area contributed by atoms with Gasteiger partial charge in [-0.25, -0.2) is 8.42 Å². The van der Waals surface area contributed by atoms with E-state index < -0.39 is 10.0 Å². The highest BCUT2D eigenvalue weighted by Gasteiger charge is 2.24. The summed E-state index contributed by atoms with van der Waals surface area (Å²) in [7, 11) is 2.13. The van der Waals surface area contributed by atoms with E-state index in [-0.39, 0.29) is 17.3 Å². The lowest BCUT2D eigenvalue weighted by Crippen LogP contribution is -2.26. The highest BCUT2D eigenvalue weighted by Crippen LogP contribution is 2.30. The van der Waals surface area contributed by atoms with E-state index in [1.807, 2.05) is 0 Å². The van der Waals surface area contributed by atoms with Crippen molar-refractivity contribution in [1.82, 2.24) is 14.4 Å². The Hall–Kier alpha value is -3.11. The number of rotatable bonds is 8. The summed E-state index contributed by atoms with van der Waals surface area (Å²) >= 11 is 0. The molecule has 3 rings (SSSR count). The molecular formula is C19H21N3O6S. The molecule has 154 valence electrons. The molecule has 0 unspecified atom stereocenters. The van der Waals surface area contributed by atoms with Crippen LogP contribution in [0.2, 0.25) is 0 Å². The molecule has 3 aromatic rings. The molecule has 0 aliphatic heterocycles. The average Bonchev–Trinajstić information content (AvgIpc) is 3.21. The molecule has 0 aliphatic carbocycles. The fraction of sp³-hybridized carbons (Fsp3) is 0.263. The largest absolute Gasteiger partial charge is 0.497 e. The van der Waals surface area contributed by atoms with Gasteiger partial charge in [0.1, 0.15) is 5.75 Å². The predicted molar refractivity (Wildman–Crippen MR) is 104 cm³/mol. The zero-order chi connectivity index (χ0) is 21.0. The molecule has 0 spiro atoms. The first-order valence-corrected chi connectivity index (χ1v) is 9.98. The van der Waals surface area contributed by atoms with Crippen molar-refractivity contribution < 1.29 is 27.2 Å². The van der Waals surface area contributed by atoms with Crippen molar-refractivity contribution >= 4 is 10.0 Å². The van der Waals surface area contributed by atoms with Crippen LogP contribution in [0.3, 0.4) is 0 Å². The van der Waals surface area contributed by atoms with Crippen molar-refractivity contribution in [2.24, 2.45) is 0 Å². The Morgan fingerprint density at radius 1 is 0.966 bits per heavy atom. The highest BCUT2D eigenvalue weighted by molar-refractivity contribution is 7.89. The van der Waals surface area contributed by atoms with Crippen LogP contribution in [0.4, 0.5) is 0 Å². The summed E-state index contributed by atoms with van der Waals surface area (Å²) in [6, 6.07) is 11.5. The fourth-order valence-corrected chi connectivity index (χ4v) is 3.75. The maximum Gasteiger partial charge on any atom is 0.243 e. The zero-order valence-corrected chi connectivity index (χ0v) is 17.3. The molecule has 0 fully saturated rings. The molecular weight excluding hydrogens is 398 g/mol. The molecule has 0 saturated carbocycles. The molecule has 0 bridgehead atoms. The Morgan fingerprint density at radius 3 is 2.28 bits per heavy atom. The van der Waals surface area contributed by atoms with Crippen LogP contribution in [-0.2, 0) is 16.6 Å². The van der Waals surface area contributed by atoms with Crippen molar-refractivity contribution in [2.45, 2.75) is 11.4 Å². The molecule has 0 saturated heterocycles. The van der Waals surface area contributed by atoms with Gasteiger partial charge in [0.15, 0.2) is 11.5 Å². The molecule has 9 nitrogen and oxygen atoms in total. The quantitative estimate of drug-likeness (QED) is 0.549. The van der Waals surface area contributed by atoms with Gasteiger partial charge in [-0.15, -0.1) is 0 Å². The lowest BCUT2D eigenvalue weighted by Gasteiger charge is -2.16. The summed E-state index contributed by atoms with van der Waals surface area (Å²) in [5.74, 6) is 2.00. The molecule has 10 heteroatoms. The summed E-state index contributed by atoms with van der Waals surface area (Å²) in [6.07, 6.45) is 0. The minimum atomic E-state index is -3.81. The third-order valence-electron chi connectivity index (χ3n) is 4.24. The van der Waals surface area contributed by atoms with Crippen molar-refractivity contribution in [1.29, 1.82) is 0 Å². The number of sulfonamides is 1. The number of hydrogen-bond acceptors (Lipinski definition) is 8. The van der Waals surface area contributed by atoms with Crippen LogP contribution in [0, 0.1) is 0 Å². The summed E-state index contributed by atoms with van der Waals surface area (Å²) in [4.78, 5) is 4.34. The molecule has 0 amide bonds. The number of ether oxygens (including phenoxy) is 3. The first-order chi connectivity index (χ1) is 13.9. The lowest BCUT2D eigenvalue weighted by atomic mass is 10.2. The Bertz CT molecular complexity index is 1080. The van der Waals surface area contributed by atoms with E-state index in [0.29, 0.717) is 23.1 Å². The van der Waals surface area contributed by atoms with E-state index in [1.165, 1.54) is 39.5 Å². The second-order valence-corrected chi connectivity index (χ2v) is 8.06. The minimum Gasteiger partial charge on any atom is -0.497 e. The van der Waals surface area contributed by atoms with Crippen LogP contribution in [0.5, 0.6) is 17.2 Å². The van der Waals surface area contributed by atoms with Crippen LogP contribution < -0.4 is 14.2 Å². The second-order valence-electron chi connectivity index (χ2n) is 6.02. The van der Waals surface area contributed by atoms with Gasteiger partial charge in [-0.2, -0.15) is 9.29 Å². The van der Waals surface area contributed by atoms with E-state index in [1.54, 1.807) is 31.4 Å². The second kappa shape index (κ2) is 8.50. The Labute approximate surface area is 168 Å². The molecule has 1 heterocycles. The van der Waals surface area contributed by atoms with Gasteiger partial charge in [0, 0.05) is 18.7 Å². The summed E-state index contributed by atoms with van der Waals surface area (Å²) in [5, 5.41) is 3.91. The lowest BCUT2D eigenvalue weighted by molar-refractivity contribution is 0.336. The Kier molecular flexibility index (Phi) is 6.04. The van der Waals surface area contributed by atoms with E-state index >= 15 is 0 Å². The summed E-state index contributed by atoms with van der Waals surface area (Å²) < 4.78 is 47.5. The topological polar surface area (TPSA) is 104 Å². The van der Waals surface area contributed by atoms with E-state index in [2.05, 4.69) is 10.1 Å². The van der Waals surface area contributed by atoms with Gasteiger partial charge in [-0.3, -0.25) is 0 Å². The molecule has 29 heavy (non-hydrogen) atoms. The first-order valence-electron chi connectivity index (χ1n) is 8.54. The molecule has 0 atom stereocenters. The van der Waals surface area contributed by atoms with E-state index in [0.717, 1.165) is 9.87 Å². The number of methoxy groups -OCH3 is 3. The SMILES string of the molecule is COc1ccc(-c2noc(CN(C)S(=O)(=O)c3ccc(OC)c(OC)c3)n2)cc1. The number of aromatic nitrogens is 2. The van der Waals surface area contributed by atoms with Gasteiger partial charge in [0.25, 0.3) is 0 Å². The molecule has 0 radical (unpaired) electrons.